The fourth-order valence-electron chi connectivity index (χ4n) is 3.98. The van der Waals surface area contributed by atoms with Crippen LogP contribution in [0.3, 0.4) is 0 Å². The maximum atomic E-state index is 2.42. The normalized spacial score (nSPS) is 33.7. The van der Waals surface area contributed by atoms with Crippen LogP contribution < -0.4 is 0 Å². The average Bonchev–Trinajstić information content (AvgIpc) is 2.57. The van der Waals surface area contributed by atoms with Crippen molar-refractivity contribution < 1.29 is 0 Å². The van der Waals surface area contributed by atoms with E-state index in [2.05, 4.69) is 48.5 Å². The van der Waals surface area contributed by atoms with Crippen LogP contribution in [0.5, 0.6) is 0 Å². The van der Waals surface area contributed by atoms with Crippen molar-refractivity contribution in [1.82, 2.24) is 0 Å². The Bertz CT molecular complexity index is 443. The van der Waals surface area contributed by atoms with Gasteiger partial charge in [0.15, 0.2) is 0 Å². The van der Waals surface area contributed by atoms with E-state index in [9.17, 15) is 0 Å². The van der Waals surface area contributed by atoms with E-state index in [1.807, 2.05) is 0 Å². The molecule has 0 aromatic rings. The van der Waals surface area contributed by atoms with E-state index in [0.717, 1.165) is 11.8 Å². The summed E-state index contributed by atoms with van der Waals surface area (Å²) in [5, 5.41) is 0. The van der Waals surface area contributed by atoms with Gasteiger partial charge in [-0.1, -0.05) is 31.4 Å². The van der Waals surface area contributed by atoms with Crippen molar-refractivity contribution in [3.8, 4) is 0 Å². The molecule has 0 aliphatic heterocycles. The molecule has 0 N–H and O–H groups in total. The summed E-state index contributed by atoms with van der Waals surface area (Å²) in [5.74, 6) is 2.28. The van der Waals surface area contributed by atoms with Gasteiger partial charge in [0, 0.05) is 5.92 Å². The summed E-state index contributed by atoms with van der Waals surface area (Å²) in [7, 11) is 0. The summed E-state index contributed by atoms with van der Waals surface area (Å²) in [5.41, 5.74) is 9.54. The Morgan fingerprint density at radius 3 is 1.94 bits per heavy atom. The number of hydrogen-bond donors (Lipinski definition) is 0. The molecule has 0 aromatic carbocycles. The third-order valence-electron chi connectivity index (χ3n) is 5.55. The van der Waals surface area contributed by atoms with Crippen LogP contribution in [0.4, 0.5) is 0 Å². The van der Waals surface area contributed by atoms with Gasteiger partial charge in [0.2, 0.25) is 0 Å². The van der Waals surface area contributed by atoms with Crippen molar-refractivity contribution in [3.05, 3.63) is 33.4 Å². The molecule has 0 heterocycles. The molecule has 0 heteroatoms. The maximum absolute atomic E-state index is 2.42. The first-order valence-electron chi connectivity index (χ1n) is 6.98. The Kier molecular flexibility index (Phi) is 3.10. The maximum Gasteiger partial charge on any atom is 0.00872 e. The van der Waals surface area contributed by atoms with Crippen molar-refractivity contribution in [2.24, 2.45) is 17.8 Å². The van der Waals surface area contributed by atoms with Gasteiger partial charge in [0.1, 0.15) is 0 Å². The summed E-state index contributed by atoms with van der Waals surface area (Å²) in [4.78, 5) is 0. The minimum Gasteiger partial charge on any atom is -0.0661 e. The second kappa shape index (κ2) is 4.15. The second-order valence-electron chi connectivity index (χ2n) is 5.99. The van der Waals surface area contributed by atoms with Gasteiger partial charge in [-0.05, 0) is 68.7 Å². The van der Waals surface area contributed by atoms with Crippen LogP contribution in [0.25, 0.3) is 0 Å². The number of hydrogen-bond acceptors (Lipinski definition) is 0. The molecule has 0 saturated heterocycles. The van der Waals surface area contributed by atoms with E-state index < -0.39 is 0 Å². The highest BCUT2D eigenvalue weighted by Gasteiger charge is 2.41. The molecule has 0 nitrogen and oxygen atoms in total. The molecule has 2 aliphatic carbocycles. The monoisotopic (exact) mass is 230 g/mol. The van der Waals surface area contributed by atoms with Gasteiger partial charge in [-0.25, -0.2) is 0 Å². The molecular weight excluding hydrogens is 204 g/mol. The quantitative estimate of drug-likeness (QED) is 0.575. The van der Waals surface area contributed by atoms with Crippen LogP contribution in [-0.4, -0.2) is 0 Å². The molecule has 0 spiro atoms. The summed E-state index contributed by atoms with van der Waals surface area (Å²) in [6, 6.07) is 0. The van der Waals surface area contributed by atoms with E-state index in [-0.39, 0.29) is 0 Å². The Morgan fingerprint density at radius 2 is 1.41 bits per heavy atom. The van der Waals surface area contributed by atoms with Crippen molar-refractivity contribution in [3.63, 3.8) is 0 Å². The Hall–Kier alpha value is -0.780. The molecule has 0 amide bonds. The molecule has 2 rings (SSSR count). The number of allylic oxidation sites excluding steroid dienone is 6. The Balaban J connectivity index is 2.64. The smallest absolute Gasteiger partial charge is 0.00872 e. The molecular formula is C17H26. The lowest BCUT2D eigenvalue weighted by molar-refractivity contribution is 0.356. The van der Waals surface area contributed by atoms with Gasteiger partial charge in [0.05, 0.1) is 0 Å². The summed E-state index contributed by atoms with van der Waals surface area (Å²) in [6.07, 6.45) is 1.30. The zero-order chi connectivity index (χ0) is 12.9. The fourth-order valence-corrected chi connectivity index (χ4v) is 3.98. The topological polar surface area (TPSA) is 0 Å². The number of fused-ring (bicyclic) bond motifs is 1. The molecule has 17 heavy (non-hydrogen) atoms. The minimum atomic E-state index is 0.707. The molecule has 94 valence electrons. The van der Waals surface area contributed by atoms with Crippen LogP contribution in [0.1, 0.15) is 54.9 Å². The molecule has 0 radical (unpaired) electrons. The predicted octanol–water partition coefficient (Wildman–Crippen LogP) is 5.28. The Labute approximate surface area is 106 Å². The van der Waals surface area contributed by atoms with E-state index in [1.165, 1.54) is 17.6 Å². The van der Waals surface area contributed by atoms with Crippen molar-refractivity contribution in [2.45, 2.75) is 54.9 Å². The van der Waals surface area contributed by atoms with Crippen molar-refractivity contribution >= 4 is 0 Å². The third-order valence-corrected chi connectivity index (χ3v) is 5.55. The van der Waals surface area contributed by atoms with Gasteiger partial charge >= 0.3 is 0 Å². The summed E-state index contributed by atoms with van der Waals surface area (Å²) >= 11 is 0. The highest BCUT2D eigenvalue weighted by molar-refractivity contribution is 5.56. The van der Waals surface area contributed by atoms with Crippen LogP contribution in [0, 0.1) is 17.8 Å². The van der Waals surface area contributed by atoms with Crippen LogP contribution in [0.2, 0.25) is 0 Å². The van der Waals surface area contributed by atoms with Crippen molar-refractivity contribution in [1.29, 1.82) is 0 Å². The molecule has 3 atom stereocenters. The zero-order valence-corrected chi connectivity index (χ0v) is 12.4. The molecule has 0 bridgehead atoms. The van der Waals surface area contributed by atoms with E-state index in [0.29, 0.717) is 5.92 Å². The van der Waals surface area contributed by atoms with Crippen molar-refractivity contribution in [2.75, 3.05) is 0 Å². The van der Waals surface area contributed by atoms with Crippen LogP contribution >= 0.6 is 0 Å². The second-order valence-corrected chi connectivity index (χ2v) is 5.99. The SMILES string of the molecule is CCC1C(C)C(C)=C2C(C)=C(C)C(C)=C(C)C21. The van der Waals surface area contributed by atoms with Gasteiger partial charge in [0.25, 0.3) is 0 Å². The van der Waals surface area contributed by atoms with Gasteiger partial charge in [-0.2, -0.15) is 0 Å². The summed E-state index contributed by atoms with van der Waals surface area (Å²) < 4.78 is 0. The van der Waals surface area contributed by atoms with E-state index in [4.69, 9.17) is 0 Å². The third kappa shape index (κ3) is 1.57. The van der Waals surface area contributed by atoms with Crippen LogP contribution in [-0.2, 0) is 0 Å². The lowest BCUT2D eigenvalue weighted by atomic mass is 9.73. The molecule has 2 aliphatic rings. The largest absolute Gasteiger partial charge is 0.0661 e. The molecule has 0 fully saturated rings. The predicted molar refractivity (Wildman–Crippen MR) is 75.9 cm³/mol. The first-order valence-corrected chi connectivity index (χ1v) is 6.98. The first-order chi connectivity index (χ1) is 7.91. The molecule has 3 unspecified atom stereocenters. The van der Waals surface area contributed by atoms with E-state index in [1.54, 1.807) is 22.3 Å². The minimum absolute atomic E-state index is 0.707. The molecule has 0 saturated carbocycles. The highest BCUT2D eigenvalue weighted by Crippen LogP contribution is 2.53. The fraction of sp³-hybridized carbons (Fsp3) is 0.647. The lowest BCUT2D eigenvalue weighted by Gasteiger charge is -2.32. The number of rotatable bonds is 1. The van der Waals surface area contributed by atoms with Gasteiger partial charge in [-0.15, -0.1) is 0 Å². The summed E-state index contributed by atoms with van der Waals surface area (Å²) in [6.45, 7) is 16.4. The zero-order valence-electron chi connectivity index (χ0n) is 12.4. The van der Waals surface area contributed by atoms with E-state index >= 15 is 0 Å². The van der Waals surface area contributed by atoms with Gasteiger partial charge < -0.3 is 0 Å². The lowest BCUT2D eigenvalue weighted by Crippen LogP contribution is -2.20. The average molecular weight is 230 g/mol. The van der Waals surface area contributed by atoms with Gasteiger partial charge in [-0.3, -0.25) is 0 Å². The Morgan fingerprint density at radius 1 is 0.824 bits per heavy atom. The van der Waals surface area contributed by atoms with Crippen LogP contribution in [0.15, 0.2) is 33.4 Å². The standard InChI is InChI=1S/C17H26/c1-8-15-11(4)14(7)16-12(5)9(2)10(3)13(6)17(15)16/h11,15,17H,8H2,1-7H3. The molecule has 0 aromatic heterocycles. The first kappa shape index (κ1) is 12.7. The highest BCUT2D eigenvalue weighted by atomic mass is 14.4.